The summed E-state index contributed by atoms with van der Waals surface area (Å²) in [5, 5.41) is 11.6. The van der Waals surface area contributed by atoms with Gasteiger partial charge in [0.2, 0.25) is 5.95 Å². The lowest BCUT2D eigenvalue weighted by molar-refractivity contribution is -0.389. The molecule has 1 aromatic rings. The molecule has 17 heavy (non-hydrogen) atoms. The maximum Gasteiger partial charge on any atom is 0.322 e. The summed E-state index contributed by atoms with van der Waals surface area (Å²) in [6, 6.07) is 0. The van der Waals surface area contributed by atoms with Gasteiger partial charge in [0, 0.05) is 5.25 Å². The van der Waals surface area contributed by atoms with Gasteiger partial charge in [-0.15, -0.1) is 0 Å². The number of nitrogens with two attached hydrogens (primary N) is 1. The Labute approximate surface area is 103 Å². The minimum Gasteiger partial charge on any atom is -0.292 e. The molecule has 1 rings (SSSR count). The van der Waals surface area contributed by atoms with E-state index >= 15 is 0 Å². The summed E-state index contributed by atoms with van der Waals surface area (Å²) in [6.45, 7) is 5.57. The monoisotopic (exact) mass is 257 g/mol. The standard InChI is InChI=1S/C9H15N5O2S/c1-4-5(2)17-8-7(14(15)16)6(3)11-9(12-8)13-10/h5H,4,10H2,1-3H3,(H,11,12,13). The summed E-state index contributed by atoms with van der Waals surface area (Å²) in [5.41, 5.74) is 2.57. The topological polar surface area (TPSA) is 107 Å². The highest BCUT2D eigenvalue weighted by Crippen LogP contribution is 2.33. The maximum absolute atomic E-state index is 11.0. The highest BCUT2D eigenvalue weighted by atomic mass is 32.2. The number of hydrogen-bond donors (Lipinski definition) is 2. The Kier molecular flexibility index (Phi) is 4.64. The smallest absolute Gasteiger partial charge is 0.292 e. The number of anilines is 1. The molecular formula is C9H15N5O2S. The van der Waals surface area contributed by atoms with E-state index in [4.69, 9.17) is 5.84 Å². The molecule has 7 nitrogen and oxygen atoms in total. The van der Waals surface area contributed by atoms with Crippen LogP contribution in [0.25, 0.3) is 0 Å². The average Bonchev–Trinajstić information content (AvgIpc) is 2.27. The van der Waals surface area contributed by atoms with Crippen LogP contribution in [-0.4, -0.2) is 20.1 Å². The molecule has 0 aliphatic carbocycles. The van der Waals surface area contributed by atoms with Crippen molar-refractivity contribution in [3.05, 3.63) is 15.8 Å². The summed E-state index contributed by atoms with van der Waals surface area (Å²) in [4.78, 5) is 18.5. The van der Waals surface area contributed by atoms with Gasteiger partial charge in [0.15, 0.2) is 5.03 Å². The third-order valence-electron chi connectivity index (χ3n) is 2.23. The van der Waals surface area contributed by atoms with E-state index in [0.717, 1.165) is 6.42 Å². The second-order valence-corrected chi connectivity index (χ2v) is 4.95. The molecule has 3 N–H and O–H groups in total. The number of nitrogen functional groups attached to an aromatic ring is 1. The van der Waals surface area contributed by atoms with Crippen molar-refractivity contribution in [3.63, 3.8) is 0 Å². The maximum atomic E-state index is 11.0. The Morgan fingerprint density at radius 2 is 2.24 bits per heavy atom. The van der Waals surface area contributed by atoms with Gasteiger partial charge in [0.05, 0.1) is 4.92 Å². The van der Waals surface area contributed by atoms with Gasteiger partial charge in [-0.05, 0) is 13.3 Å². The summed E-state index contributed by atoms with van der Waals surface area (Å²) in [6.07, 6.45) is 0.899. The van der Waals surface area contributed by atoms with Crippen molar-refractivity contribution >= 4 is 23.4 Å². The molecule has 1 heterocycles. The zero-order valence-electron chi connectivity index (χ0n) is 9.93. The zero-order valence-corrected chi connectivity index (χ0v) is 10.7. The van der Waals surface area contributed by atoms with Crippen LogP contribution in [0.5, 0.6) is 0 Å². The fourth-order valence-electron chi connectivity index (χ4n) is 1.17. The summed E-state index contributed by atoms with van der Waals surface area (Å²) in [7, 11) is 0. The second-order valence-electron chi connectivity index (χ2n) is 3.52. The molecule has 0 aliphatic heterocycles. The van der Waals surface area contributed by atoms with Crippen LogP contribution in [0.1, 0.15) is 26.0 Å². The van der Waals surface area contributed by atoms with Gasteiger partial charge >= 0.3 is 5.69 Å². The van der Waals surface area contributed by atoms with E-state index in [1.165, 1.54) is 11.8 Å². The van der Waals surface area contributed by atoms with Crippen LogP contribution in [0, 0.1) is 17.0 Å². The quantitative estimate of drug-likeness (QED) is 0.272. The average molecular weight is 257 g/mol. The molecule has 1 atom stereocenters. The first-order valence-corrected chi connectivity index (χ1v) is 6.03. The van der Waals surface area contributed by atoms with E-state index in [2.05, 4.69) is 15.4 Å². The number of nitrogens with one attached hydrogen (secondary N) is 1. The molecule has 94 valence electrons. The van der Waals surface area contributed by atoms with Gasteiger partial charge in [-0.3, -0.25) is 15.5 Å². The number of aromatic nitrogens is 2. The van der Waals surface area contributed by atoms with Crippen molar-refractivity contribution in [3.8, 4) is 0 Å². The zero-order chi connectivity index (χ0) is 13.0. The second kappa shape index (κ2) is 5.78. The number of hydrogen-bond acceptors (Lipinski definition) is 7. The van der Waals surface area contributed by atoms with Crippen molar-refractivity contribution in [2.24, 2.45) is 5.84 Å². The van der Waals surface area contributed by atoms with Crippen LogP contribution in [0.15, 0.2) is 5.03 Å². The Bertz CT molecular complexity index is 426. The number of hydrazine groups is 1. The molecule has 0 amide bonds. The Hall–Kier alpha value is -1.41. The van der Waals surface area contributed by atoms with Crippen molar-refractivity contribution in [1.29, 1.82) is 0 Å². The van der Waals surface area contributed by atoms with Crippen LogP contribution in [0.3, 0.4) is 0 Å². The van der Waals surface area contributed by atoms with Crippen LogP contribution < -0.4 is 11.3 Å². The third-order valence-corrected chi connectivity index (χ3v) is 3.47. The van der Waals surface area contributed by atoms with E-state index in [0.29, 0.717) is 10.7 Å². The summed E-state index contributed by atoms with van der Waals surface area (Å²) in [5.74, 6) is 5.42. The Morgan fingerprint density at radius 3 is 2.71 bits per heavy atom. The van der Waals surface area contributed by atoms with E-state index in [9.17, 15) is 10.1 Å². The first-order valence-electron chi connectivity index (χ1n) is 5.15. The molecule has 0 saturated heterocycles. The number of nitro groups is 1. The fourth-order valence-corrected chi connectivity index (χ4v) is 2.19. The molecule has 1 aromatic heterocycles. The third kappa shape index (κ3) is 3.27. The van der Waals surface area contributed by atoms with Crippen LogP contribution in [0.2, 0.25) is 0 Å². The molecule has 0 aliphatic rings. The highest BCUT2D eigenvalue weighted by molar-refractivity contribution is 8.00. The molecule has 0 saturated carbocycles. The van der Waals surface area contributed by atoms with E-state index in [1.54, 1.807) is 6.92 Å². The summed E-state index contributed by atoms with van der Waals surface area (Å²) >= 11 is 1.35. The van der Waals surface area contributed by atoms with Crippen molar-refractivity contribution in [2.75, 3.05) is 5.43 Å². The predicted octanol–water partition coefficient (Wildman–Crippen LogP) is 1.87. The van der Waals surface area contributed by atoms with E-state index in [-0.39, 0.29) is 16.9 Å². The first kappa shape index (κ1) is 13.7. The lowest BCUT2D eigenvalue weighted by atomic mass is 10.4. The van der Waals surface area contributed by atoms with Gasteiger partial charge < -0.3 is 0 Å². The molecule has 8 heteroatoms. The van der Waals surface area contributed by atoms with E-state index in [1.807, 2.05) is 13.8 Å². The molecule has 1 unspecified atom stereocenters. The normalized spacial score (nSPS) is 12.2. The van der Waals surface area contributed by atoms with Crippen molar-refractivity contribution < 1.29 is 4.92 Å². The minimum atomic E-state index is -0.458. The van der Waals surface area contributed by atoms with Crippen molar-refractivity contribution in [1.82, 2.24) is 9.97 Å². The van der Waals surface area contributed by atoms with Crippen LogP contribution in [0.4, 0.5) is 11.6 Å². The molecule has 0 radical (unpaired) electrons. The lowest BCUT2D eigenvalue weighted by Gasteiger charge is -2.10. The van der Waals surface area contributed by atoms with Crippen LogP contribution >= 0.6 is 11.8 Å². The number of thioether (sulfide) groups is 1. The number of rotatable bonds is 5. The van der Waals surface area contributed by atoms with Crippen molar-refractivity contribution in [2.45, 2.75) is 37.5 Å². The summed E-state index contributed by atoms with van der Waals surface area (Å²) < 4.78 is 0. The largest absolute Gasteiger partial charge is 0.322 e. The number of nitrogens with zero attached hydrogens (tertiary/aromatic N) is 3. The van der Waals surface area contributed by atoms with Crippen LogP contribution in [-0.2, 0) is 0 Å². The molecule has 0 spiro atoms. The minimum absolute atomic E-state index is 0.0469. The molecule has 0 fully saturated rings. The molecular weight excluding hydrogens is 242 g/mol. The molecule has 0 aromatic carbocycles. The highest BCUT2D eigenvalue weighted by Gasteiger charge is 2.23. The van der Waals surface area contributed by atoms with Gasteiger partial charge in [0.25, 0.3) is 0 Å². The molecule has 0 bridgehead atoms. The fraction of sp³-hybridized carbons (Fsp3) is 0.556. The predicted molar refractivity (Wildman–Crippen MR) is 66.8 cm³/mol. The van der Waals surface area contributed by atoms with Gasteiger partial charge in [-0.25, -0.2) is 10.8 Å². The Balaban J connectivity index is 3.22. The first-order chi connectivity index (χ1) is 7.99. The van der Waals surface area contributed by atoms with Gasteiger partial charge in [-0.2, -0.15) is 4.98 Å². The van der Waals surface area contributed by atoms with Gasteiger partial charge in [-0.1, -0.05) is 25.6 Å². The lowest BCUT2D eigenvalue weighted by Crippen LogP contribution is -2.13. The SMILES string of the molecule is CCC(C)Sc1nc(NN)nc(C)c1[N+](=O)[O-]. The number of aryl methyl sites for hydroxylation is 1. The Morgan fingerprint density at radius 1 is 1.59 bits per heavy atom. The van der Waals surface area contributed by atoms with Gasteiger partial charge in [0.1, 0.15) is 5.69 Å². The van der Waals surface area contributed by atoms with E-state index < -0.39 is 4.92 Å².